The molecule has 0 bridgehead atoms. The first-order valence-electron chi connectivity index (χ1n) is 12.6. The van der Waals surface area contributed by atoms with Crippen LogP contribution in [-0.4, -0.2) is 37.4 Å². The van der Waals surface area contributed by atoms with E-state index in [-0.39, 0.29) is 17.5 Å². The van der Waals surface area contributed by atoms with Crippen molar-refractivity contribution in [3.63, 3.8) is 0 Å². The maximum Gasteiger partial charge on any atom is 0.255 e. The number of hydrogen-bond donors (Lipinski definition) is 1. The fraction of sp³-hybridized carbons (Fsp3) is 0.310. The molecular weight excluding hydrogens is 486 g/mol. The third kappa shape index (κ3) is 7.50. The Hall–Kier alpha value is -3.49. The van der Waals surface area contributed by atoms with Gasteiger partial charge in [-0.2, -0.15) is 9.41 Å². The normalized spacial score (nSPS) is 14.6. The molecule has 0 heterocycles. The van der Waals surface area contributed by atoms with E-state index in [2.05, 4.69) is 10.5 Å². The van der Waals surface area contributed by atoms with Crippen molar-refractivity contribution >= 4 is 22.1 Å². The van der Waals surface area contributed by atoms with Crippen LogP contribution < -0.4 is 10.2 Å². The van der Waals surface area contributed by atoms with E-state index in [0.29, 0.717) is 12.4 Å². The van der Waals surface area contributed by atoms with Crippen molar-refractivity contribution in [1.82, 2.24) is 9.73 Å². The molecular formula is C29H33N3O4S. The standard InChI is InChI=1S/C29H33N3O4S/c1-23-15-17-28(18-16-23)37(34,35)32(26-12-6-3-7-13-26)21-29(33)31-30-20-25-11-8-14-27(19-25)36-22-24-9-4-2-5-10-24/h2,4-5,8-11,14-20,26H,3,6-7,12-13,21-22H2,1H3,(H,31,33)/b30-20-. The summed E-state index contributed by atoms with van der Waals surface area (Å²) in [5.74, 6) is 0.209. The first-order valence-corrected chi connectivity index (χ1v) is 14.0. The Labute approximate surface area is 219 Å². The van der Waals surface area contributed by atoms with Crippen molar-refractivity contribution < 1.29 is 17.9 Å². The Morgan fingerprint density at radius 1 is 1.00 bits per heavy atom. The van der Waals surface area contributed by atoms with E-state index in [4.69, 9.17) is 4.74 Å². The molecule has 0 spiro atoms. The minimum atomic E-state index is -3.82. The number of sulfonamides is 1. The van der Waals surface area contributed by atoms with Gasteiger partial charge in [-0.15, -0.1) is 0 Å². The smallest absolute Gasteiger partial charge is 0.255 e. The number of amides is 1. The van der Waals surface area contributed by atoms with Gasteiger partial charge in [-0.05, 0) is 55.2 Å². The van der Waals surface area contributed by atoms with Crippen molar-refractivity contribution in [1.29, 1.82) is 0 Å². The van der Waals surface area contributed by atoms with Gasteiger partial charge in [-0.3, -0.25) is 4.79 Å². The zero-order chi connectivity index (χ0) is 26.1. The summed E-state index contributed by atoms with van der Waals surface area (Å²) in [6.07, 6.45) is 6.00. The second-order valence-corrected chi connectivity index (χ2v) is 11.2. The van der Waals surface area contributed by atoms with Crippen LogP contribution in [-0.2, 0) is 21.4 Å². The number of nitrogens with zero attached hydrogens (tertiary/aromatic N) is 2. The van der Waals surface area contributed by atoms with Crippen LogP contribution in [0.5, 0.6) is 5.75 Å². The zero-order valence-electron chi connectivity index (χ0n) is 21.0. The Morgan fingerprint density at radius 2 is 1.73 bits per heavy atom. The van der Waals surface area contributed by atoms with Gasteiger partial charge in [0.1, 0.15) is 12.4 Å². The number of aryl methyl sites for hydroxylation is 1. The van der Waals surface area contributed by atoms with Crippen molar-refractivity contribution in [2.45, 2.75) is 56.6 Å². The molecule has 4 rings (SSSR count). The summed E-state index contributed by atoms with van der Waals surface area (Å²) in [5, 5.41) is 4.06. The van der Waals surface area contributed by atoms with E-state index in [1.807, 2.05) is 61.5 Å². The summed E-state index contributed by atoms with van der Waals surface area (Å²) >= 11 is 0. The molecule has 37 heavy (non-hydrogen) atoms. The molecule has 8 heteroatoms. The molecule has 194 valence electrons. The molecule has 1 N–H and O–H groups in total. The number of hydrazone groups is 1. The molecule has 0 aliphatic heterocycles. The molecule has 3 aromatic carbocycles. The molecule has 0 unspecified atom stereocenters. The number of hydrogen-bond acceptors (Lipinski definition) is 5. The number of carbonyl (C=O) groups is 1. The van der Waals surface area contributed by atoms with Crippen molar-refractivity contribution in [3.8, 4) is 5.75 Å². The highest BCUT2D eigenvalue weighted by Gasteiger charge is 2.33. The summed E-state index contributed by atoms with van der Waals surface area (Å²) in [4.78, 5) is 13.0. The van der Waals surface area contributed by atoms with E-state index in [0.717, 1.165) is 48.8 Å². The van der Waals surface area contributed by atoms with Crippen molar-refractivity contribution in [2.75, 3.05) is 6.54 Å². The first kappa shape index (κ1) is 26.6. The van der Waals surface area contributed by atoms with Crippen LogP contribution in [0.3, 0.4) is 0 Å². The number of nitrogens with one attached hydrogen (secondary N) is 1. The molecule has 3 aromatic rings. The highest BCUT2D eigenvalue weighted by molar-refractivity contribution is 7.89. The fourth-order valence-electron chi connectivity index (χ4n) is 4.41. The number of ether oxygens (including phenoxy) is 1. The van der Waals surface area contributed by atoms with Gasteiger partial charge in [-0.25, -0.2) is 13.8 Å². The van der Waals surface area contributed by atoms with Gasteiger partial charge in [0, 0.05) is 6.04 Å². The monoisotopic (exact) mass is 519 g/mol. The number of benzene rings is 3. The van der Waals surface area contributed by atoms with Gasteiger partial charge in [0.2, 0.25) is 10.0 Å². The molecule has 0 atom stereocenters. The molecule has 1 aliphatic carbocycles. The summed E-state index contributed by atoms with van der Waals surface area (Å²) < 4.78 is 34.1. The van der Waals surface area contributed by atoms with Gasteiger partial charge >= 0.3 is 0 Å². The SMILES string of the molecule is Cc1ccc(S(=O)(=O)N(CC(=O)N/N=C\c2cccc(OCc3ccccc3)c2)C2CCCCC2)cc1. The largest absolute Gasteiger partial charge is 0.489 e. The van der Waals surface area contributed by atoms with E-state index < -0.39 is 15.9 Å². The molecule has 1 saturated carbocycles. The first-order chi connectivity index (χ1) is 17.9. The fourth-order valence-corrected chi connectivity index (χ4v) is 6.05. The van der Waals surface area contributed by atoms with Crippen LogP contribution in [0, 0.1) is 6.92 Å². The lowest BCUT2D eigenvalue weighted by Crippen LogP contribution is -2.46. The van der Waals surface area contributed by atoms with E-state index in [1.54, 1.807) is 24.3 Å². The van der Waals surface area contributed by atoms with Gasteiger partial charge < -0.3 is 4.74 Å². The Kier molecular flexibility index (Phi) is 9.09. The average molecular weight is 520 g/mol. The highest BCUT2D eigenvalue weighted by Crippen LogP contribution is 2.28. The van der Waals surface area contributed by atoms with Crippen molar-refractivity contribution in [2.24, 2.45) is 5.10 Å². The third-order valence-electron chi connectivity index (χ3n) is 6.42. The summed E-state index contributed by atoms with van der Waals surface area (Å²) in [6, 6.07) is 23.8. The van der Waals surface area contributed by atoms with E-state index >= 15 is 0 Å². The average Bonchev–Trinajstić information content (AvgIpc) is 2.92. The number of rotatable bonds is 10. The van der Waals surface area contributed by atoms with Crippen LogP contribution in [0.15, 0.2) is 88.9 Å². The van der Waals surface area contributed by atoms with Crippen LogP contribution in [0.4, 0.5) is 0 Å². The van der Waals surface area contributed by atoms with E-state index in [9.17, 15) is 13.2 Å². The van der Waals surface area contributed by atoms with Crippen LogP contribution in [0.2, 0.25) is 0 Å². The minimum Gasteiger partial charge on any atom is -0.489 e. The van der Waals surface area contributed by atoms with Gasteiger partial charge in [-0.1, -0.05) is 79.4 Å². The van der Waals surface area contributed by atoms with Gasteiger partial charge in [0.15, 0.2) is 0 Å². The Balaban J connectivity index is 1.39. The third-order valence-corrected chi connectivity index (χ3v) is 8.33. The lowest BCUT2D eigenvalue weighted by atomic mass is 9.95. The Morgan fingerprint density at radius 3 is 2.46 bits per heavy atom. The molecule has 7 nitrogen and oxygen atoms in total. The second kappa shape index (κ2) is 12.7. The summed E-state index contributed by atoms with van der Waals surface area (Å²) in [5.41, 5.74) is 5.29. The maximum absolute atomic E-state index is 13.5. The molecule has 0 aromatic heterocycles. The predicted molar refractivity (Wildman–Crippen MR) is 145 cm³/mol. The highest BCUT2D eigenvalue weighted by atomic mass is 32.2. The summed E-state index contributed by atoms with van der Waals surface area (Å²) in [7, 11) is -3.82. The van der Waals surface area contributed by atoms with Crippen LogP contribution in [0.25, 0.3) is 0 Å². The van der Waals surface area contributed by atoms with Gasteiger partial charge in [0.25, 0.3) is 5.91 Å². The topological polar surface area (TPSA) is 88.1 Å². The molecule has 1 amide bonds. The number of carbonyl (C=O) groups excluding carboxylic acids is 1. The quantitative estimate of drug-likeness (QED) is 0.300. The molecule has 1 aliphatic rings. The second-order valence-electron chi connectivity index (χ2n) is 9.30. The van der Waals surface area contributed by atoms with Crippen LogP contribution >= 0.6 is 0 Å². The maximum atomic E-state index is 13.5. The minimum absolute atomic E-state index is 0.201. The molecule has 0 saturated heterocycles. The Bertz CT molecular complexity index is 1300. The zero-order valence-corrected chi connectivity index (χ0v) is 21.9. The lowest BCUT2D eigenvalue weighted by molar-refractivity contribution is -0.121. The summed E-state index contributed by atoms with van der Waals surface area (Å²) in [6.45, 7) is 2.08. The predicted octanol–water partition coefficient (Wildman–Crippen LogP) is 5.05. The lowest BCUT2D eigenvalue weighted by Gasteiger charge is -2.32. The van der Waals surface area contributed by atoms with Gasteiger partial charge in [0.05, 0.1) is 17.7 Å². The van der Waals surface area contributed by atoms with Crippen LogP contribution in [0.1, 0.15) is 48.8 Å². The van der Waals surface area contributed by atoms with E-state index in [1.165, 1.54) is 10.5 Å². The molecule has 1 fully saturated rings. The molecule has 0 radical (unpaired) electrons. The van der Waals surface area contributed by atoms with Crippen molar-refractivity contribution in [3.05, 3.63) is 95.6 Å².